The van der Waals surface area contributed by atoms with Gasteiger partial charge in [0, 0.05) is 23.7 Å². The molecule has 1 saturated heterocycles. The van der Waals surface area contributed by atoms with Crippen molar-refractivity contribution < 1.29 is 9.47 Å². The first-order valence-corrected chi connectivity index (χ1v) is 6.87. The molecule has 0 aliphatic carbocycles. The third-order valence-electron chi connectivity index (χ3n) is 3.08. The van der Waals surface area contributed by atoms with Crippen molar-refractivity contribution in [3.05, 3.63) is 34.9 Å². The van der Waals surface area contributed by atoms with Gasteiger partial charge < -0.3 is 14.8 Å². The van der Waals surface area contributed by atoms with Crippen molar-refractivity contribution in [1.29, 1.82) is 0 Å². The summed E-state index contributed by atoms with van der Waals surface area (Å²) in [5.74, 6) is 0. The highest BCUT2D eigenvalue weighted by molar-refractivity contribution is 6.31. The lowest BCUT2D eigenvalue weighted by Crippen LogP contribution is -2.27. The van der Waals surface area contributed by atoms with E-state index in [0.29, 0.717) is 6.61 Å². The average Bonchev–Trinajstić information content (AvgIpc) is 2.88. The van der Waals surface area contributed by atoms with Crippen LogP contribution in [0.4, 0.5) is 0 Å². The molecule has 1 aromatic carbocycles. The van der Waals surface area contributed by atoms with Crippen LogP contribution in [0, 0.1) is 0 Å². The molecule has 2 unspecified atom stereocenters. The van der Waals surface area contributed by atoms with Gasteiger partial charge in [0.1, 0.15) is 0 Å². The maximum Gasteiger partial charge on any atom is 0.0968 e. The standard InChI is InChI=1S/C14H20ClNO2/c1-2-16-9-14(18-11-7-8-17-10-11)12-5-3-4-6-13(12)15/h3-6,11,14,16H,2,7-10H2,1H3. The van der Waals surface area contributed by atoms with Crippen molar-refractivity contribution in [3.63, 3.8) is 0 Å². The van der Waals surface area contributed by atoms with E-state index >= 15 is 0 Å². The summed E-state index contributed by atoms with van der Waals surface area (Å²) in [6.45, 7) is 5.26. The molecule has 0 bridgehead atoms. The van der Waals surface area contributed by atoms with Crippen molar-refractivity contribution in [1.82, 2.24) is 5.32 Å². The second kappa shape index (κ2) is 7.10. The van der Waals surface area contributed by atoms with Gasteiger partial charge >= 0.3 is 0 Å². The molecule has 0 spiro atoms. The predicted octanol–water partition coefficient (Wildman–Crippen LogP) is 2.80. The minimum atomic E-state index is -0.00894. The normalized spacial score (nSPS) is 21.1. The Bertz CT molecular complexity index is 367. The predicted molar refractivity (Wildman–Crippen MR) is 73.0 cm³/mol. The molecule has 1 fully saturated rings. The van der Waals surface area contributed by atoms with Crippen molar-refractivity contribution in [3.8, 4) is 0 Å². The summed E-state index contributed by atoms with van der Waals surface area (Å²) >= 11 is 6.24. The van der Waals surface area contributed by atoms with E-state index < -0.39 is 0 Å². The molecule has 4 heteroatoms. The van der Waals surface area contributed by atoms with Crippen LogP contribution in [-0.4, -0.2) is 32.4 Å². The summed E-state index contributed by atoms with van der Waals surface area (Å²) < 4.78 is 11.5. The first-order chi connectivity index (χ1) is 8.81. The van der Waals surface area contributed by atoms with Crippen LogP contribution in [0.5, 0.6) is 0 Å². The van der Waals surface area contributed by atoms with Gasteiger partial charge in [0.05, 0.1) is 18.8 Å². The summed E-state index contributed by atoms with van der Waals surface area (Å²) in [7, 11) is 0. The Morgan fingerprint density at radius 2 is 2.33 bits per heavy atom. The van der Waals surface area contributed by atoms with Gasteiger partial charge in [-0.15, -0.1) is 0 Å². The fraction of sp³-hybridized carbons (Fsp3) is 0.571. The molecule has 1 aliphatic heterocycles. The lowest BCUT2D eigenvalue weighted by atomic mass is 10.1. The number of ether oxygens (including phenoxy) is 2. The molecular formula is C14H20ClNO2. The monoisotopic (exact) mass is 269 g/mol. The fourth-order valence-electron chi connectivity index (χ4n) is 2.10. The van der Waals surface area contributed by atoms with E-state index in [1.807, 2.05) is 24.3 Å². The lowest BCUT2D eigenvalue weighted by molar-refractivity contribution is -0.0161. The Morgan fingerprint density at radius 1 is 1.50 bits per heavy atom. The average molecular weight is 270 g/mol. The molecule has 1 heterocycles. The Kier molecular flexibility index (Phi) is 5.45. The first kappa shape index (κ1) is 13.8. The second-order valence-corrected chi connectivity index (χ2v) is 4.85. The van der Waals surface area contributed by atoms with Crippen LogP contribution in [0.2, 0.25) is 5.02 Å². The van der Waals surface area contributed by atoms with E-state index in [0.717, 1.165) is 36.7 Å². The number of nitrogens with one attached hydrogen (secondary N) is 1. The lowest BCUT2D eigenvalue weighted by Gasteiger charge is -2.23. The zero-order chi connectivity index (χ0) is 12.8. The van der Waals surface area contributed by atoms with Gasteiger partial charge in [-0.05, 0) is 19.0 Å². The molecule has 0 saturated carbocycles. The topological polar surface area (TPSA) is 30.5 Å². The minimum absolute atomic E-state index is 0.00894. The summed E-state index contributed by atoms with van der Waals surface area (Å²) in [5, 5.41) is 4.09. The largest absolute Gasteiger partial charge is 0.379 e. The third kappa shape index (κ3) is 3.69. The minimum Gasteiger partial charge on any atom is -0.379 e. The van der Waals surface area contributed by atoms with Crippen molar-refractivity contribution in [2.45, 2.75) is 25.6 Å². The van der Waals surface area contributed by atoms with Crippen LogP contribution in [0.1, 0.15) is 25.0 Å². The number of halogens is 1. The van der Waals surface area contributed by atoms with Crippen molar-refractivity contribution in [2.24, 2.45) is 0 Å². The van der Waals surface area contributed by atoms with Crippen LogP contribution >= 0.6 is 11.6 Å². The van der Waals surface area contributed by atoms with E-state index in [4.69, 9.17) is 21.1 Å². The first-order valence-electron chi connectivity index (χ1n) is 6.49. The highest BCUT2D eigenvalue weighted by Crippen LogP contribution is 2.27. The molecule has 2 atom stereocenters. The molecule has 3 nitrogen and oxygen atoms in total. The number of rotatable bonds is 6. The Morgan fingerprint density at radius 3 is 3.00 bits per heavy atom. The zero-order valence-corrected chi connectivity index (χ0v) is 11.5. The Labute approximate surface area is 113 Å². The maximum atomic E-state index is 6.24. The van der Waals surface area contributed by atoms with E-state index in [9.17, 15) is 0 Å². The zero-order valence-electron chi connectivity index (χ0n) is 10.7. The van der Waals surface area contributed by atoms with Gasteiger partial charge in [0.15, 0.2) is 0 Å². The molecule has 0 radical (unpaired) electrons. The van der Waals surface area contributed by atoms with Gasteiger partial charge in [-0.1, -0.05) is 36.7 Å². The molecule has 1 aromatic rings. The third-order valence-corrected chi connectivity index (χ3v) is 3.42. The Hall–Kier alpha value is -0.610. The molecule has 1 aliphatic rings. The van der Waals surface area contributed by atoms with Crippen LogP contribution < -0.4 is 5.32 Å². The Balaban J connectivity index is 2.06. The molecular weight excluding hydrogens is 250 g/mol. The van der Waals surface area contributed by atoms with E-state index in [2.05, 4.69) is 12.2 Å². The molecule has 0 amide bonds. The maximum absolute atomic E-state index is 6.24. The smallest absolute Gasteiger partial charge is 0.0968 e. The van der Waals surface area contributed by atoms with Gasteiger partial charge in [0.25, 0.3) is 0 Å². The highest BCUT2D eigenvalue weighted by atomic mass is 35.5. The molecule has 18 heavy (non-hydrogen) atoms. The molecule has 1 N–H and O–H groups in total. The van der Waals surface area contributed by atoms with E-state index in [1.165, 1.54) is 0 Å². The summed E-state index contributed by atoms with van der Waals surface area (Å²) in [4.78, 5) is 0. The van der Waals surface area contributed by atoms with Gasteiger partial charge in [0.2, 0.25) is 0 Å². The van der Waals surface area contributed by atoms with Crippen LogP contribution in [0.3, 0.4) is 0 Å². The molecule has 0 aromatic heterocycles. The molecule has 100 valence electrons. The summed E-state index contributed by atoms with van der Waals surface area (Å²) in [6, 6.07) is 7.87. The van der Waals surface area contributed by atoms with Crippen molar-refractivity contribution >= 4 is 11.6 Å². The van der Waals surface area contributed by atoms with Crippen LogP contribution in [0.15, 0.2) is 24.3 Å². The van der Waals surface area contributed by atoms with Crippen molar-refractivity contribution in [2.75, 3.05) is 26.3 Å². The van der Waals surface area contributed by atoms with Gasteiger partial charge in [-0.2, -0.15) is 0 Å². The second-order valence-electron chi connectivity index (χ2n) is 4.44. The molecule has 2 rings (SSSR count). The fourth-order valence-corrected chi connectivity index (χ4v) is 2.35. The number of hydrogen-bond acceptors (Lipinski definition) is 3. The number of hydrogen-bond donors (Lipinski definition) is 1. The SMILES string of the molecule is CCNCC(OC1CCOC1)c1ccccc1Cl. The summed E-state index contributed by atoms with van der Waals surface area (Å²) in [5.41, 5.74) is 1.05. The van der Waals surface area contributed by atoms with Gasteiger partial charge in [-0.25, -0.2) is 0 Å². The van der Waals surface area contributed by atoms with Crippen LogP contribution in [0.25, 0.3) is 0 Å². The van der Waals surface area contributed by atoms with Crippen LogP contribution in [-0.2, 0) is 9.47 Å². The quantitative estimate of drug-likeness (QED) is 0.861. The number of likely N-dealkylation sites (N-methyl/N-ethyl adjacent to an activating group) is 1. The highest BCUT2D eigenvalue weighted by Gasteiger charge is 2.23. The van der Waals surface area contributed by atoms with E-state index in [-0.39, 0.29) is 12.2 Å². The van der Waals surface area contributed by atoms with Gasteiger partial charge in [-0.3, -0.25) is 0 Å². The van der Waals surface area contributed by atoms with E-state index in [1.54, 1.807) is 0 Å². The number of benzene rings is 1. The summed E-state index contributed by atoms with van der Waals surface area (Å²) in [6.07, 6.45) is 1.14.